The van der Waals surface area contributed by atoms with Gasteiger partial charge < -0.3 is 20.7 Å². The number of carbonyl (C=O) groups excluding carboxylic acids is 3. The first-order valence-corrected chi connectivity index (χ1v) is 17.6. The Hall–Kier alpha value is -5.23. The van der Waals surface area contributed by atoms with Gasteiger partial charge in [-0.3, -0.25) is 14.4 Å². The van der Waals surface area contributed by atoms with Crippen LogP contribution in [-0.4, -0.2) is 29.3 Å². The fraction of sp³-hybridized carbons (Fsp3) is 0.0811. The standard InChI is InChI=1S/C37H30N4O4S3/c1-2-45-27-17-20-30-32(22-27)48-37(40-30)41-36(44)33(24-10-5-3-6-11-24)47-28-18-15-26(16-19-28)38-35(43)31(23-29-14-9-21-46-29)39-34(42)25-12-7-4-8-13-25/h3-23,33H,2H2,1H3,(H,38,43)(H,39,42)(H,40,41,44)/b31-23-. The van der Waals surface area contributed by atoms with Crippen molar-refractivity contribution in [3.8, 4) is 5.75 Å². The van der Waals surface area contributed by atoms with Crippen LogP contribution in [0.15, 0.2) is 131 Å². The molecule has 6 aromatic rings. The highest BCUT2D eigenvalue weighted by molar-refractivity contribution is 8.00. The van der Waals surface area contributed by atoms with Crippen molar-refractivity contribution in [2.45, 2.75) is 17.1 Å². The third-order valence-electron chi connectivity index (χ3n) is 6.97. The highest BCUT2D eigenvalue weighted by Gasteiger charge is 2.24. The molecule has 0 spiro atoms. The topological polar surface area (TPSA) is 109 Å². The number of anilines is 2. The van der Waals surface area contributed by atoms with E-state index >= 15 is 0 Å². The predicted molar refractivity (Wildman–Crippen MR) is 196 cm³/mol. The van der Waals surface area contributed by atoms with Gasteiger partial charge in [-0.25, -0.2) is 4.98 Å². The second-order valence-electron chi connectivity index (χ2n) is 10.4. The Morgan fingerprint density at radius 1 is 0.875 bits per heavy atom. The number of hydrogen-bond acceptors (Lipinski definition) is 8. The zero-order valence-corrected chi connectivity index (χ0v) is 28.2. The summed E-state index contributed by atoms with van der Waals surface area (Å²) >= 11 is 4.25. The van der Waals surface area contributed by atoms with Gasteiger partial charge in [0.1, 0.15) is 16.7 Å². The van der Waals surface area contributed by atoms with Crippen LogP contribution in [0, 0.1) is 0 Å². The molecule has 8 nitrogen and oxygen atoms in total. The summed E-state index contributed by atoms with van der Waals surface area (Å²) in [6.45, 7) is 2.50. The SMILES string of the molecule is CCOc1ccc2nc(NC(=O)C(Sc3ccc(NC(=O)/C(=C/c4cccs4)NC(=O)c4ccccc4)cc3)c3ccccc3)sc2c1. The Bertz CT molecular complexity index is 2050. The van der Waals surface area contributed by atoms with Crippen molar-refractivity contribution in [1.29, 1.82) is 0 Å². The van der Waals surface area contributed by atoms with Gasteiger partial charge in [0.2, 0.25) is 5.91 Å². The Morgan fingerprint density at radius 2 is 1.62 bits per heavy atom. The summed E-state index contributed by atoms with van der Waals surface area (Å²) in [4.78, 5) is 46.2. The quantitative estimate of drug-likeness (QED) is 0.0876. The third-order valence-corrected chi connectivity index (χ3v) is 9.99. The summed E-state index contributed by atoms with van der Waals surface area (Å²) in [6, 6.07) is 34.9. The molecular weight excluding hydrogens is 661 g/mol. The molecule has 0 fully saturated rings. The molecule has 4 aromatic carbocycles. The number of thioether (sulfide) groups is 1. The number of aromatic nitrogens is 1. The first-order chi connectivity index (χ1) is 23.4. The van der Waals surface area contributed by atoms with Crippen LogP contribution in [-0.2, 0) is 9.59 Å². The van der Waals surface area contributed by atoms with Gasteiger partial charge in [0.25, 0.3) is 11.8 Å². The van der Waals surface area contributed by atoms with Crippen LogP contribution in [0.2, 0.25) is 0 Å². The number of fused-ring (bicyclic) bond motifs is 1. The van der Waals surface area contributed by atoms with Crippen molar-refractivity contribution in [2.75, 3.05) is 17.2 Å². The van der Waals surface area contributed by atoms with E-state index in [-0.39, 0.29) is 17.5 Å². The van der Waals surface area contributed by atoms with Crippen molar-refractivity contribution < 1.29 is 19.1 Å². The van der Waals surface area contributed by atoms with Crippen LogP contribution in [0.1, 0.15) is 33.0 Å². The van der Waals surface area contributed by atoms with Crippen molar-refractivity contribution >= 4 is 79.3 Å². The molecule has 3 N–H and O–H groups in total. The number of amides is 3. The highest BCUT2D eigenvalue weighted by atomic mass is 32.2. The number of ether oxygens (including phenoxy) is 1. The first kappa shape index (κ1) is 32.7. The van der Waals surface area contributed by atoms with E-state index in [0.717, 1.165) is 31.3 Å². The van der Waals surface area contributed by atoms with Gasteiger partial charge in [0.05, 0.1) is 16.8 Å². The highest BCUT2D eigenvalue weighted by Crippen LogP contribution is 2.38. The molecule has 0 bridgehead atoms. The van der Waals surface area contributed by atoms with E-state index in [1.165, 1.54) is 34.4 Å². The summed E-state index contributed by atoms with van der Waals surface area (Å²) in [7, 11) is 0. The van der Waals surface area contributed by atoms with Crippen molar-refractivity contribution in [2.24, 2.45) is 0 Å². The van der Waals surface area contributed by atoms with Gasteiger partial charge in [-0.05, 0) is 84.6 Å². The molecule has 0 aliphatic rings. The van der Waals surface area contributed by atoms with Crippen LogP contribution in [0.4, 0.5) is 10.8 Å². The summed E-state index contributed by atoms with van der Waals surface area (Å²) in [5.41, 5.74) is 2.73. The minimum absolute atomic E-state index is 0.120. The van der Waals surface area contributed by atoms with Gasteiger partial charge >= 0.3 is 0 Å². The summed E-state index contributed by atoms with van der Waals surface area (Å²) < 4.78 is 6.53. The number of rotatable bonds is 12. The molecule has 6 rings (SSSR count). The van der Waals surface area contributed by atoms with Crippen LogP contribution in [0.25, 0.3) is 16.3 Å². The molecule has 1 atom stereocenters. The third kappa shape index (κ3) is 8.37. The second kappa shape index (κ2) is 15.6. The maximum atomic E-state index is 13.7. The lowest BCUT2D eigenvalue weighted by Gasteiger charge is -2.16. The lowest BCUT2D eigenvalue weighted by atomic mass is 10.1. The van der Waals surface area contributed by atoms with Gasteiger partial charge in [-0.15, -0.1) is 23.1 Å². The molecule has 0 saturated heterocycles. The van der Waals surface area contributed by atoms with Crippen LogP contribution in [0.3, 0.4) is 0 Å². The fourth-order valence-corrected chi connectivity index (χ4v) is 7.28. The van der Waals surface area contributed by atoms with Crippen LogP contribution < -0.4 is 20.7 Å². The van der Waals surface area contributed by atoms with E-state index in [0.29, 0.717) is 23.0 Å². The Morgan fingerprint density at radius 3 is 2.33 bits per heavy atom. The molecule has 3 amide bonds. The number of thiazole rings is 1. The zero-order chi connectivity index (χ0) is 33.3. The normalized spacial score (nSPS) is 11.9. The minimum Gasteiger partial charge on any atom is -0.494 e. The number of nitrogens with one attached hydrogen (secondary N) is 3. The molecule has 0 aliphatic carbocycles. The number of nitrogens with zero attached hydrogens (tertiary/aromatic N) is 1. The maximum Gasteiger partial charge on any atom is 0.272 e. The second-order valence-corrected chi connectivity index (χ2v) is 13.5. The van der Waals surface area contributed by atoms with E-state index < -0.39 is 11.2 Å². The summed E-state index contributed by atoms with van der Waals surface area (Å²) in [6.07, 6.45) is 1.65. The van der Waals surface area contributed by atoms with Crippen molar-refractivity contribution in [3.63, 3.8) is 0 Å². The Labute approximate surface area is 289 Å². The minimum atomic E-state index is -0.564. The average Bonchev–Trinajstić information content (AvgIpc) is 3.77. The molecular formula is C37H30N4O4S3. The van der Waals surface area contributed by atoms with E-state index in [4.69, 9.17) is 4.74 Å². The molecule has 11 heteroatoms. The lowest BCUT2D eigenvalue weighted by molar-refractivity contribution is -0.116. The van der Waals surface area contributed by atoms with Gasteiger partial charge in [0.15, 0.2) is 5.13 Å². The number of carbonyl (C=O) groups is 3. The largest absolute Gasteiger partial charge is 0.494 e. The monoisotopic (exact) mass is 690 g/mol. The molecule has 2 heterocycles. The zero-order valence-electron chi connectivity index (χ0n) is 25.7. The van der Waals surface area contributed by atoms with E-state index in [2.05, 4.69) is 20.9 Å². The lowest BCUT2D eigenvalue weighted by Crippen LogP contribution is -2.30. The van der Waals surface area contributed by atoms with Gasteiger partial charge in [0, 0.05) is 21.0 Å². The molecule has 0 saturated carbocycles. The molecule has 1 unspecified atom stereocenters. The van der Waals surface area contributed by atoms with Gasteiger partial charge in [-0.2, -0.15) is 0 Å². The van der Waals surface area contributed by atoms with E-state index in [1.807, 2.05) is 91.2 Å². The van der Waals surface area contributed by atoms with Gasteiger partial charge in [-0.1, -0.05) is 65.9 Å². The fourth-order valence-electron chi connectivity index (χ4n) is 4.70. The smallest absolute Gasteiger partial charge is 0.272 e. The predicted octanol–water partition coefficient (Wildman–Crippen LogP) is 8.64. The molecule has 48 heavy (non-hydrogen) atoms. The molecule has 240 valence electrons. The van der Waals surface area contributed by atoms with E-state index in [9.17, 15) is 14.4 Å². The summed E-state index contributed by atoms with van der Waals surface area (Å²) in [5, 5.41) is 10.5. The maximum absolute atomic E-state index is 13.7. The number of benzene rings is 4. The Balaban J connectivity index is 1.16. The van der Waals surface area contributed by atoms with Crippen LogP contribution >= 0.6 is 34.4 Å². The van der Waals surface area contributed by atoms with Crippen molar-refractivity contribution in [1.82, 2.24) is 10.3 Å². The van der Waals surface area contributed by atoms with Crippen molar-refractivity contribution in [3.05, 3.63) is 142 Å². The number of hydrogen-bond donors (Lipinski definition) is 3. The number of thiophene rings is 1. The molecule has 0 aliphatic heterocycles. The van der Waals surface area contributed by atoms with E-state index in [1.54, 1.807) is 42.5 Å². The van der Waals surface area contributed by atoms with Crippen LogP contribution in [0.5, 0.6) is 5.75 Å². The molecule has 0 radical (unpaired) electrons. The first-order valence-electron chi connectivity index (χ1n) is 15.0. The summed E-state index contributed by atoms with van der Waals surface area (Å²) in [5.74, 6) is -0.286. The Kier molecular flexibility index (Phi) is 10.6. The average molecular weight is 691 g/mol. The molecule has 2 aromatic heterocycles.